The van der Waals surface area contributed by atoms with E-state index in [0.29, 0.717) is 12.4 Å². The molecule has 0 aliphatic rings. The highest BCUT2D eigenvalue weighted by atomic mass is 19.4. The van der Waals surface area contributed by atoms with E-state index in [1.165, 1.54) is 12.1 Å². The van der Waals surface area contributed by atoms with Crippen LogP contribution in [0.5, 0.6) is 0 Å². The average molecular weight is 295 g/mol. The number of halogens is 3. The molecule has 112 valence electrons. The summed E-state index contributed by atoms with van der Waals surface area (Å²) in [5.74, 6) is 0.495. The highest BCUT2D eigenvalue weighted by molar-refractivity contribution is 5.31. The maximum absolute atomic E-state index is 12.5. The smallest absolute Gasteiger partial charge is 0.349 e. The van der Waals surface area contributed by atoms with Crippen LogP contribution in [-0.4, -0.2) is 15.5 Å². The Morgan fingerprint density at radius 3 is 2.10 bits per heavy atom. The van der Waals surface area contributed by atoms with Gasteiger partial charge < -0.3 is 5.32 Å². The Balaban J connectivity index is 2.06. The molecule has 0 bridgehead atoms. The van der Waals surface area contributed by atoms with E-state index in [1.807, 2.05) is 13.8 Å². The number of hydrogen-bond acceptors (Lipinski definition) is 3. The number of hydrogen-bond donors (Lipinski definition) is 1. The Morgan fingerprint density at radius 1 is 1.00 bits per heavy atom. The zero-order valence-electron chi connectivity index (χ0n) is 11.8. The topological polar surface area (TPSA) is 37.8 Å². The maximum atomic E-state index is 12.5. The largest absolute Gasteiger partial charge is 0.416 e. The van der Waals surface area contributed by atoms with Crippen molar-refractivity contribution in [3.8, 4) is 0 Å². The van der Waals surface area contributed by atoms with Gasteiger partial charge in [0.15, 0.2) is 0 Å². The summed E-state index contributed by atoms with van der Waals surface area (Å²) in [6, 6.07) is 6.92. The molecule has 1 heterocycles. The molecule has 3 nitrogen and oxygen atoms in total. The van der Waals surface area contributed by atoms with E-state index in [1.54, 1.807) is 18.5 Å². The highest BCUT2D eigenvalue weighted by Gasteiger charge is 2.30. The van der Waals surface area contributed by atoms with Crippen molar-refractivity contribution in [1.82, 2.24) is 9.97 Å². The van der Waals surface area contributed by atoms with Gasteiger partial charge in [-0.3, -0.25) is 0 Å². The Bertz CT molecular complexity index is 577. The summed E-state index contributed by atoms with van der Waals surface area (Å²) in [5.41, 5.74) is -0.193. The van der Waals surface area contributed by atoms with Crippen LogP contribution in [0.3, 0.4) is 0 Å². The summed E-state index contributed by atoms with van der Waals surface area (Å²) < 4.78 is 37.5. The third-order valence-electron chi connectivity index (χ3n) is 2.94. The van der Waals surface area contributed by atoms with Gasteiger partial charge in [-0.2, -0.15) is 13.2 Å². The zero-order chi connectivity index (χ0) is 15.5. The van der Waals surface area contributed by atoms with E-state index in [-0.39, 0.29) is 5.54 Å². The minimum atomic E-state index is -4.30. The predicted molar refractivity (Wildman–Crippen MR) is 74.9 cm³/mol. The van der Waals surface area contributed by atoms with Crippen LogP contribution in [0.4, 0.5) is 19.1 Å². The molecule has 0 fully saturated rings. The van der Waals surface area contributed by atoms with E-state index in [0.717, 1.165) is 17.7 Å². The summed E-state index contributed by atoms with van der Waals surface area (Å²) in [5, 5.41) is 3.17. The molecular formula is C15H16F3N3. The predicted octanol–water partition coefficient (Wildman–Crippen LogP) is 3.93. The van der Waals surface area contributed by atoms with Crippen LogP contribution < -0.4 is 5.32 Å². The Morgan fingerprint density at radius 2 is 1.57 bits per heavy atom. The lowest BCUT2D eigenvalue weighted by Gasteiger charge is -2.26. The lowest BCUT2D eigenvalue weighted by molar-refractivity contribution is -0.137. The summed E-state index contributed by atoms with van der Waals surface area (Å²) in [4.78, 5) is 8.16. The van der Waals surface area contributed by atoms with Crippen molar-refractivity contribution in [2.45, 2.75) is 32.0 Å². The van der Waals surface area contributed by atoms with Crippen LogP contribution in [0, 0.1) is 0 Å². The molecule has 1 aromatic heterocycles. The quantitative estimate of drug-likeness (QED) is 0.928. The molecule has 1 aromatic carbocycles. The second-order valence-corrected chi connectivity index (χ2v) is 5.45. The van der Waals surface area contributed by atoms with Crippen LogP contribution in [0.2, 0.25) is 0 Å². The van der Waals surface area contributed by atoms with E-state index < -0.39 is 11.7 Å². The molecule has 1 N–H and O–H groups in total. The van der Waals surface area contributed by atoms with Crippen LogP contribution in [0.15, 0.2) is 42.7 Å². The van der Waals surface area contributed by atoms with Gasteiger partial charge in [-0.25, -0.2) is 9.97 Å². The fourth-order valence-corrected chi connectivity index (χ4v) is 2.03. The molecule has 0 unspecified atom stereocenters. The molecule has 21 heavy (non-hydrogen) atoms. The minimum Gasteiger partial charge on any atom is -0.349 e. The van der Waals surface area contributed by atoms with Gasteiger partial charge in [-0.15, -0.1) is 0 Å². The fourth-order valence-electron chi connectivity index (χ4n) is 2.03. The molecule has 0 spiro atoms. The van der Waals surface area contributed by atoms with Gasteiger partial charge in [0.05, 0.1) is 5.56 Å². The first-order valence-corrected chi connectivity index (χ1v) is 6.48. The van der Waals surface area contributed by atoms with Crippen molar-refractivity contribution in [1.29, 1.82) is 0 Å². The monoisotopic (exact) mass is 295 g/mol. The molecule has 6 heteroatoms. The SMILES string of the molecule is CC(C)(Cc1ccc(C(F)(F)F)cc1)Nc1ncccn1. The van der Waals surface area contributed by atoms with Crippen molar-refractivity contribution in [2.75, 3.05) is 5.32 Å². The molecule has 0 radical (unpaired) electrons. The Kier molecular flexibility index (Phi) is 4.16. The molecule has 0 saturated heterocycles. The van der Waals surface area contributed by atoms with Gasteiger partial charge in [-0.05, 0) is 44.0 Å². The summed E-state index contributed by atoms with van der Waals surface area (Å²) >= 11 is 0. The van der Waals surface area contributed by atoms with Crippen molar-refractivity contribution >= 4 is 5.95 Å². The van der Waals surface area contributed by atoms with E-state index >= 15 is 0 Å². The number of benzene rings is 1. The minimum absolute atomic E-state index is 0.374. The van der Waals surface area contributed by atoms with Crippen molar-refractivity contribution in [2.24, 2.45) is 0 Å². The Hall–Kier alpha value is -2.11. The molecule has 0 atom stereocenters. The van der Waals surface area contributed by atoms with E-state index in [9.17, 15) is 13.2 Å². The second-order valence-electron chi connectivity index (χ2n) is 5.45. The third-order valence-corrected chi connectivity index (χ3v) is 2.94. The number of anilines is 1. The zero-order valence-corrected chi connectivity index (χ0v) is 11.8. The number of aromatic nitrogens is 2. The van der Waals surface area contributed by atoms with Crippen LogP contribution in [0.25, 0.3) is 0 Å². The first kappa shape index (κ1) is 15.3. The van der Waals surface area contributed by atoms with Gasteiger partial charge in [0.2, 0.25) is 5.95 Å². The molecular weight excluding hydrogens is 279 g/mol. The van der Waals surface area contributed by atoms with Crippen molar-refractivity contribution < 1.29 is 13.2 Å². The number of rotatable bonds is 4. The normalized spacial score (nSPS) is 12.2. The summed E-state index contributed by atoms with van der Waals surface area (Å²) in [7, 11) is 0. The molecule has 0 aliphatic heterocycles. The number of alkyl halides is 3. The summed E-state index contributed by atoms with van der Waals surface area (Å²) in [6.07, 6.45) is -0.485. The Labute approximate surface area is 121 Å². The molecule has 0 saturated carbocycles. The number of nitrogens with one attached hydrogen (secondary N) is 1. The average Bonchev–Trinajstić information content (AvgIpc) is 2.38. The van der Waals surface area contributed by atoms with Gasteiger partial charge in [0.1, 0.15) is 0 Å². The molecule has 2 rings (SSSR count). The van der Waals surface area contributed by atoms with Gasteiger partial charge in [0.25, 0.3) is 0 Å². The fraction of sp³-hybridized carbons (Fsp3) is 0.333. The van der Waals surface area contributed by atoms with Crippen LogP contribution in [-0.2, 0) is 12.6 Å². The highest BCUT2D eigenvalue weighted by Crippen LogP contribution is 2.29. The van der Waals surface area contributed by atoms with Crippen molar-refractivity contribution in [3.05, 3.63) is 53.9 Å². The molecule has 2 aromatic rings. The van der Waals surface area contributed by atoms with Gasteiger partial charge in [0, 0.05) is 17.9 Å². The first-order chi connectivity index (χ1) is 9.76. The summed E-state index contributed by atoms with van der Waals surface area (Å²) in [6.45, 7) is 3.89. The van der Waals surface area contributed by atoms with E-state index in [4.69, 9.17) is 0 Å². The lowest BCUT2D eigenvalue weighted by Crippen LogP contribution is -2.34. The van der Waals surface area contributed by atoms with Gasteiger partial charge in [-0.1, -0.05) is 12.1 Å². The van der Waals surface area contributed by atoms with Crippen LogP contribution >= 0.6 is 0 Å². The van der Waals surface area contributed by atoms with Crippen LogP contribution in [0.1, 0.15) is 25.0 Å². The van der Waals surface area contributed by atoms with E-state index in [2.05, 4.69) is 15.3 Å². The molecule has 0 aliphatic carbocycles. The standard InChI is InChI=1S/C15H16F3N3/c1-14(2,21-13-19-8-3-9-20-13)10-11-4-6-12(7-5-11)15(16,17)18/h3-9H,10H2,1-2H3,(H,19,20,21). The van der Waals surface area contributed by atoms with Crippen molar-refractivity contribution in [3.63, 3.8) is 0 Å². The maximum Gasteiger partial charge on any atom is 0.416 e. The number of nitrogens with zero attached hydrogens (tertiary/aromatic N) is 2. The van der Waals surface area contributed by atoms with Gasteiger partial charge >= 0.3 is 6.18 Å². The third kappa shape index (κ3) is 4.44. The molecule has 0 amide bonds. The second kappa shape index (κ2) is 5.71. The first-order valence-electron chi connectivity index (χ1n) is 6.48. The lowest BCUT2D eigenvalue weighted by atomic mass is 9.94.